The summed E-state index contributed by atoms with van der Waals surface area (Å²) in [6.07, 6.45) is 0.789. The van der Waals surface area contributed by atoms with Crippen LogP contribution in [0.3, 0.4) is 0 Å². The van der Waals surface area contributed by atoms with Gasteiger partial charge < -0.3 is 15.3 Å². The molecule has 0 aromatic carbocycles. The van der Waals surface area contributed by atoms with Crippen molar-refractivity contribution >= 4 is 21.2 Å². The zero-order chi connectivity index (χ0) is 12.4. The maximum Gasteiger partial charge on any atom is 0.300 e. The van der Waals surface area contributed by atoms with E-state index in [1.54, 1.807) is 6.92 Å². The highest BCUT2D eigenvalue weighted by Crippen LogP contribution is 2.15. The Kier molecular flexibility index (Phi) is 14.1. The second-order valence-electron chi connectivity index (χ2n) is 2.75. The molecule has 0 aromatic rings. The van der Waals surface area contributed by atoms with Gasteiger partial charge in [0.2, 0.25) is 0 Å². The molecule has 0 aliphatic rings. The molecular formula is C8H19O5P. The fraction of sp³-hybridized carbons (Fsp3) is 0.750. The minimum absolute atomic E-state index is 0.542. The summed E-state index contributed by atoms with van der Waals surface area (Å²) in [5.74, 6) is -1.67. The standard InChI is InChI=1S/C4H11OP.2C2H4O2/c1-3-4(2,5)6;2*1-2(3)4/h5H,3,6H2,1-2H3;2*1H3,(H,3,4). The molecule has 0 rings (SSSR count). The normalized spacial score (nSPS) is 12.1. The van der Waals surface area contributed by atoms with Gasteiger partial charge >= 0.3 is 0 Å². The smallest absolute Gasteiger partial charge is 0.300 e. The van der Waals surface area contributed by atoms with Crippen LogP contribution in [0.1, 0.15) is 34.1 Å². The Morgan fingerprint density at radius 1 is 1.21 bits per heavy atom. The molecule has 0 saturated carbocycles. The van der Waals surface area contributed by atoms with Crippen LogP contribution in [0.25, 0.3) is 0 Å². The first-order valence-corrected chi connectivity index (χ1v) is 4.51. The van der Waals surface area contributed by atoms with Gasteiger partial charge in [0.25, 0.3) is 11.9 Å². The van der Waals surface area contributed by atoms with Gasteiger partial charge in [-0.3, -0.25) is 9.59 Å². The summed E-state index contributed by atoms with van der Waals surface area (Å²) < 4.78 is 0. The molecule has 86 valence electrons. The first kappa shape index (κ1) is 19.0. The summed E-state index contributed by atoms with van der Waals surface area (Å²) in [6, 6.07) is 0. The SMILES string of the molecule is CC(=O)O.CC(=O)O.CCC(C)(O)P. The van der Waals surface area contributed by atoms with E-state index in [0.717, 1.165) is 20.3 Å². The minimum atomic E-state index is -0.833. The van der Waals surface area contributed by atoms with Gasteiger partial charge in [0.1, 0.15) is 0 Å². The molecule has 5 nitrogen and oxygen atoms in total. The number of carbonyl (C=O) groups is 2. The first-order chi connectivity index (χ1) is 6.02. The van der Waals surface area contributed by atoms with E-state index >= 15 is 0 Å². The number of aliphatic hydroxyl groups is 1. The van der Waals surface area contributed by atoms with Crippen LogP contribution in [-0.2, 0) is 9.59 Å². The van der Waals surface area contributed by atoms with Crippen molar-refractivity contribution in [1.82, 2.24) is 0 Å². The Labute approximate surface area is 86.3 Å². The van der Waals surface area contributed by atoms with Crippen molar-refractivity contribution < 1.29 is 24.9 Å². The topological polar surface area (TPSA) is 94.8 Å². The van der Waals surface area contributed by atoms with Gasteiger partial charge in [-0.15, -0.1) is 9.24 Å². The van der Waals surface area contributed by atoms with Crippen molar-refractivity contribution in [1.29, 1.82) is 0 Å². The third kappa shape index (κ3) is 223. The molecule has 3 N–H and O–H groups in total. The predicted molar refractivity (Wildman–Crippen MR) is 57.2 cm³/mol. The van der Waals surface area contributed by atoms with E-state index in [1.807, 2.05) is 6.92 Å². The van der Waals surface area contributed by atoms with Crippen LogP contribution >= 0.6 is 9.24 Å². The number of carboxylic acids is 2. The van der Waals surface area contributed by atoms with E-state index < -0.39 is 17.3 Å². The van der Waals surface area contributed by atoms with Crippen molar-refractivity contribution in [2.45, 2.75) is 39.5 Å². The van der Waals surface area contributed by atoms with E-state index in [-0.39, 0.29) is 0 Å². The highest BCUT2D eigenvalue weighted by molar-refractivity contribution is 7.18. The molecule has 0 aliphatic carbocycles. The highest BCUT2D eigenvalue weighted by atomic mass is 31.0. The second kappa shape index (κ2) is 10.4. The van der Waals surface area contributed by atoms with Crippen LogP contribution in [0.4, 0.5) is 0 Å². The second-order valence-corrected chi connectivity index (χ2v) is 3.99. The molecule has 0 bridgehead atoms. The Morgan fingerprint density at radius 2 is 1.29 bits per heavy atom. The third-order valence-corrected chi connectivity index (χ3v) is 1.12. The number of rotatable bonds is 1. The number of aliphatic carboxylic acids is 2. The summed E-state index contributed by atoms with van der Waals surface area (Å²) in [6.45, 7) is 5.87. The van der Waals surface area contributed by atoms with E-state index in [1.165, 1.54) is 0 Å². The van der Waals surface area contributed by atoms with Crippen molar-refractivity contribution in [3.8, 4) is 0 Å². The van der Waals surface area contributed by atoms with Gasteiger partial charge in [-0.2, -0.15) is 0 Å². The molecule has 0 amide bonds. The molecule has 0 spiro atoms. The number of hydrogen-bond donors (Lipinski definition) is 3. The van der Waals surface area contributed by atoms with Gasteiger partial charge in [0.15, 0.2) is 0 Å². The first-order valence-electron chi connectivity index (χ1n) is 3.93. The van der Waals surface area contributed by atoms with Gasteiger partial charge in [0, 0.05) is 13.8 Å². The lowest BCUT2D eigenvalue weighted by atomic mass is 10.3. The highest BCUT2D eigenvalue weighted by Gasteiger charge is 2.05. The monoisotopic (exact) mass is 226 g/mol. The maximum atomic E-state index is 9.00. The maximum absolute atomic E-state index is 9.00. The molecule has 0 radical (unpaired) electrons. The lowest BCUT2D eigenvalue weighted by Gasteiger charge is -2.11. The fourth-order valence-corrected chi connectivity index (χ4v) is 0. The van der Waals surface area contributed by atoms with Crippen LogP contribution in [0, 0.1) is 0 Å². The summed E-state index contributed by atoms with van der Waals surface area (Å²) in [5, 5.41) is 23.1. The molecule has 14 heavy (non-hydrogen) atoms. The summed E-state index contributed by atoms with van der Waals surface area (Å²) in [4.78, 5) is 18.0. The van der Waals surface area contributed by atoms with Crippen molar-refractivity contribution in [3.63, 3.8) is 0 Å². The van der Waals surface area contributed by atoms with E-state index in [0.29, 0.717) is 0 Å². The molecule has 2 atom stereocenters. The molecule has 0 fully saturated rings. The Bertz CT molecular complexity index is 142. The van der Waals surface area contributed by atoms with Crippen LogP contribution in [-0.4, -0.2) is 32.6 Å². The minimum Gasteiger partial charge on any atom is -0.481 e. The van der Waals surface area contributed by atoms with Crippen LogP contribution in [0.2, 0.25) is 0 Å². The predicted octanol–water partition coefficient (Wildman–Crippen LogP) is 1.16. The summed E-state index contributed by atoms with van der Waals surface area (Å²) in [5.41, 5.74) is 0. The van der Waals surface area contributed by atoms with Gasteiger partial charge in [-0.25, -0.2) is 0 Å². The molecule has 2 unspecified atom stereocenters. The largest absolute Gasteiger partial charge is 0.481 e. The van der Waals surface area contributed by atoms with E-state index in [9.17, 15) is 0 Å². The fourth-order valence-electron chi connectivity index (χ4n) is 0. The van der Waals surface area contributed by atoms with Crippen molar-refractivity contribution in [3.05, 3.63) is 0 Å². The van der Waals surface area contributed by atoms with Gasteiger partial charge in [-0.05, 0) is 13.3 Å². The zero-order valence-electron chi connectivity index (χ0n) is 8.94. The zero-order valence-corrected chi connectivity index (χ0v) is 10.1. The Balaban J connectivity index is -0.000000135. The third-order valence-electron chi connectivity index (χ3n) is 0.716. The quantitative estimate of drug-likeness (QED) is 0.583. The summed E-state index contributed by atoms with van der Waals surface area (Å²) in [7, 11) is 2.35. The van der Waals surface area contributed by atoms with Crippen molar-refractivity contribution in [2.75, 3.05) is 0 Å². The molecular weight excluding hydrogens is 207 g/mol. The molecule has 0 aliphatic heterocycles. The average molecular weight is 226 g/mol. The van der Waals surface area contributed by atoms with Crippen LogP contribution in [0.15, 0.2) is 0 Å². The van der Waals surface area contributed by atoms with E-state index in [4.69, 9.17) is 24.9 Å². The Morgan fingerprint density at radius 3 is 1.29 bits per heavy atom. The van der Waals surface area contributed by atoms with Crippen molar-refractivity contribution in [2.24, 2.45) is 0 Å². The van der Waals surface area contributed by atoms with E-state index in [2.05, 4.69) is 9.24 Å². The average Bonchev–Trinajstić information content (AvgIpc) is 1.83. The molecule has 0 saturated heterocycles. The Hall–Kier alpha value is -0.670. The van der Waals surface area contributed by atoms with Crippen LogP contribution < -0.4 is 0 Å². The van der Waals surface area contributed by atoms with Crippen LogP contribution in [0.5, 0.6) is 0 Å². The molecule has 6 heteroatoms. The van der Waals surface area contributed by atoms with Gasteiger partial charge in [0.05, 0.1) is 5.34 Å². The lowest BCUT2D eigenvalue weighted by Crippen LogP contribution is -2.10. The number of hydrogen-bond acceptors (Lipinski definition) is 3. The van der Waals surface area contributed by atoms with Gasteiger partial charge in [-0.1, -0.05) is 6.92 Å². The lowest BCUT2D eigenvalue weighted by molar-refractivity contribution is -0.135. The summed E-state index contributed by atoms with van der Waals surface area (Å²) >= 11 is 0. The molecule has 0 heterocycles. The molecule has 0 aromatic heterocycles. The number of carboxylic acid groups (broad SMARTS) is 2.